The molecule has 0 radical (unpaired) electrons. The standard InChI is InChI=1S/C11H18IN3S/c1-4-8(3)16-7-10-14-6-9(12)11(15-10)13-5-2/h6,8H,4-5,7H2,1-3H3,(H,13,14,15). The van der Waals surface area contributed by atoms with Crippen LogP contribution in [0.1, 0.15) is 33.0 Å². The van der Waals surface area contributed by atoms with Crippen LogP contribution in [0.15, 0.2) is 6.20 Å². The zero-order valence-electron chi connectivity index (χ0n) is 9.96. The zero-order chi connectivity index (χ0) is 12.0. The van der Waals surface area contributed by atoms with Gasteiger partial charge in [0, 0.05) is 18.0 Å². The molecule has 0 amide bonds. The lowest BCUT2D eigenvalue weighted by atomic mass is 10.4. The first-order chi connectivity index (χ1) is 7.67. The molecule has 3 nitrogen and oxygen atoms in total. The van der Waals surface area contributed by atoms with Crippen molar-refractivity contribution in [3.63, 3.8) is 0 Å². The van der Waals surface area contributed by atoms with E-state index in [0.717, 1.165) is 27.5 Å². The van der Waals surface area contributed by atoms with Gasteiger partial charge in [-0.2, -0.15) is 11.8 Å². The molecule has 0 fully saturated rings. The summed E-state index contributed by atoms with van der Waals surface area (Å²) in [4.78, 5) is 8.87. The molecule has 1 unspecified atom stereocenters. The van der Waals surface area contributed by atoms with Crippen molar-refractivity contribution in [2.75, 3.05) is 11.9 Å². The molecule has 0 aliphatic rings. The summed E-state index contributed by atoms with van der Waals surface area (Å²) in [6, 6.07) is 0. The Kier molecular flexibility index (Phi) is 6.41. The molecular weight excluding hydrogens is 333 g/mol. The number of thioether (sulfide) groups is 1. The Morgan fingerprint density at radius 1 is 1.50 bits per heavy atom. The van der Waals surface area contributed by atoms with E-state index in [1.807, 2.05) is 18.0 Å². The molecule has 1 atom stereocenters. The first kappa shape index (κ1) is 14.0. The molecule has 1 heterocycles. The quantitative estimate of drug-likeness (QED) is 0.796. The van der Waals surface area contributed by atoms with Crippen molar-refractivity contribution in [3.8, 4) is 0 Å². The van der Waals surface area contributed by atoms with Gasteiger partial charge in [0.15, 0.2) is 0 Å². The maximum atomic E-state index is 4.52. The number of rotatable bonds is 6. The first-order valence-electron chi connectivity index (χ1n) is 5.54. The van der Waals surface area contributed by atoms with Crippen LogP contribution in [0.2, 0.25) is 0 Å². The number of halogens is 1. The highest BCUT2D eigenvalue weighted by atomic mass is 127. The largest absolute Gasteiger partial charge is 0.369 e. The molecule has 1 rings (SSSR count). The van der Waals surface area contributed by atoms with Crippen molar-refractivity contribution in [2.45, 2.75) is 38.2 Å². The van der Waals surface area contributed by atoms with E-state index in [4.69, 9.17) is 0 Å². The average Bonchev–Trinajstić information content (AvgIpc) is 2.30. The Hall–Kier alpha value is -0.0400. The SMILES string of the molecule is CCNc1nc(CSC(C)CC)ncc1I. The molecule has 0 spiro atoms. The summed E-state index contributed by atoms with van der Waals surface area (Å²) in [5, 5.41) is 3.92. The molecule has 1 aromatic heterocycles. The van der Waals surface area contributed by atoms with Crippen LogP contribution in [0.25, 0.3) is 0 Å². The predicted octanol–water partition coefficient (Wildman–Crippen LogP) is 3.54. The minimum Gasteiger partial charge on any atom is -0.369 e. The van der Waals surface area contributed by atoms with E-state index in [2.05, 4.69) is 58.6 Å². The van der Waals surface area contributed by atoms with Gasteiger partial charge in [-0.05, 0) is 35.9 Å². The summed E-state index contributed by atoms with van der Waals surface area (Å²) >= 11 is 4.16. The third-order valence-corrected chi connectivity index (χ3v) is 4.33. The molecule has 0 saturated heterocycles. The zero-order valence-corrected chi connectivity index (χ0v) is 12.9. The second-order valence-electron chi connectivity index (χ2n) is 3.54. The normalized spacial score (nSPS) is 12.5. The lowest BCUT2D eigenvalue weighted by Gasteiger charge is -2.09. The molecule has 0 aliphatic carbocycles. The number of nitrogens with one attached hydrogen (secondary N) is 1. The second kappa shape index (κ2) is 7.32. The monoisotopic (exact) mass is 351 g/mol. The average molecular weight is 351 g/mol. The maximum Gasteiger partial charge on any atom is 0.143 e. The Balaban J connectivity index is 2.63. The van der Waals surface area contributed by atoms with Crippen LogP contribution in [-0.4, -0.2) is 21.8 Å². The minimum atomic E-state index is 0.672. The van der Waals surface area contributed by atoms with E-state index in [1.165, 1.54) is 6.42 Å². The summed E-state index contributed by atoms with van der Waals surface area (Å²) in [7, 11) is 0. The summed E-state index contributed by atoms with van der Waals surface area (Å²) in [5.41, 5.74) is 0. The first-order valence-corrected chi connectivity index (χ1v) is 7.67. The third kappa shape index (κ3) is 4.45. The second-order valence-corrected chi connectivity index (χ2v) is 6.13. The predicted molar refractivity (Wildman–Crippen MR) is 80.0 cm³/mol. The van der Waals surface area contributed by atoms with Crippen LogP contribution < -0.4 is 5.32 Å². The van der Waals surface area contributed by atoms with Crippen molar-refractivity contribution in [2.24, 2.45) is 0 Å². The minimum absolute atomic E-state index is 0.672. The van der Waals surface area contributed by atoms with Crippen LogP contribution in [0.3, 0.4) is 0 Å². The van der Waals surface area contributed by atoms with Crippen molar-refractivity contribution in [1.29, 1.82) is 0 Å². The fourth-order valence-electron chi connectivity index (χ4n) is 1.10. The Bertz CT molecular complexity index is 333. The summed E-state index contributed by atoms with van der Waals surface area (Å²) in [6.45, 7) is 7.41. The topological polar surface area (TPSA) is 37.8 Å². The van der Waals surface area contributed by atoms with Gasteiger partial charge in [0.1, 0.15) is 11.6 Å². The van der Waals surface area contributed by atoms with Gasteiger partial charge in [0.25, 0.3) is 0 Å². The number of hydrogen-bond donors (Lipinski definition) is 1. The van der Waals surface area contributed by atoms with Crippen molar-refractivity contribution < 1.29 is 0 Å². The van der Waals surface area contributed by atoms with Crippen LogP contribution >= 0.6 is 34.4 Å². The fourth-order valence-corrected chi connectivity index (χ4v) is 2.36. The Morgan fingerprint density at radius 2 is 2.25 bits per heavy atom. The summed E-state index contributed by atoms with van der Waals surface area (Å²) in [5.74, 6) is 2.77. The highest BCUT2D eigenvalue weighted by Gasteiger charge is 2.06. The fraction of sp³-hybridized carbons (Fsp3) is 0.636. The molecule has 0 bridgehead atoms. The van der Waals surface area contributed by atoms with E-state index in [-0.39, 0.29) is 0 Å². The van der Waals surface area contributed by atoms with Crippen LogP contribution in [-0.2, 0) is 5.75 Å². The molecule has 1 aromatic rings. The van der Waals surface area contributed by atoms with E-state index < -0.39 is 0 Å². The Labute approximate surface area is 115 Å². The lowest BCUT2D eigenvalue weighted by Crippen LogP contribution is -2.05. The van der Waals surface area contributed by atoms with E-state index >= 15 is 0 Å². The van der Waals surface area contributed by atoms with Gasteiger partial charge < -0.3 is 5.32 Å². The highest BCUT2D eigenvalue weighted by Crippen LogP contribution is 2.20. The molecular formula is C11H18IN3S. The third-order valence-electron chi connectivity index (χ3n) is 2.21. The molecule has 0 aliphatic heterocycles. The van der Waals surface area contributed by atoms with Gasteiger partial charge in [-0.15, -0.1) is 0 Å². The van der Waals surface area contributed by atoms with Gasteiger partial charge in [-0.25, -0.2) is 9.97 Å². The van der Waals surface area contributed by atoms with Crippen molar-refractivity contribution in [3.05, 3.63) is 15.6 Å². The van der Waals surface area contributed by atoms with Gasteiger partial charge in [0.05, 0.1) is 9.32 Å². The Morgan fingerprint density at radius 3 is 2.88 bits per heavy atom. The molecule has 0 aromatic carbocycles. The van der Waals surface area contributed by atoms with Crippen molar-refractivity contribution in [1.82, 2.24) is 9.97 Å². The van der Waals surface area contributed by atoms with Gasteiger partial charge in [-0.1, -0.05) is 13.8 Å². The molecule has 90 valence electrons. The van der Waals surface area contributed by atoms with E-state index in [9.17, 15) is 0 Å². The molecule has 0 saturated carbocycles. The number of aromatic nitrogens is 2. The number of nitrogens with zero attached hydrogens (tertiary/aromatic N) is 2. The lowest BCUT2D eigenvalue weighted by molar-refractivity contribution is 0.900. The van der Waals surface area contributed by atoms with Gasteiger partial charge in [0.2, 0.25) is 0 Å². The van der Waals surface area contributed by atoms with Gasteiger partial charge in [-0.3, -0.25) is 0 Å². The highest BCUT2D eigenvalue weighted by molar-refractivity contribution is 14.1. The molecule has 5 heteroatoms. The number of hydrogen-bond acceptors (Lipinski definition) is 4. The van der Waals surface area contributed by atoms with E-state index in [1.54, 1.807) is 0 Å². The van der Waals surface area contributed by atoms with Crippen LogP contribution in [0.4, 0.5) is 5.82 Å². The number of anilines is 1. The summed E-state index contributed by atoms with van der Waals surface area (Å²) in [6.07, 6.45) is 3.08. The smallest absolute Gasteiger partial charge is 0.143 e. The molecule has 16 heavy (non-hydrogen) atoms. The van der Waals surface area contributed by atoms with E-state index in [0.29, 0.717) is 5.25 Å². The van der Waals surface area contributed by atoms with Crippen LogP contribution in [0, 0.1) is 3.57 Å². The maximum absolute atomic E-state index is 4.52. The van der Waals surface area contributed by atoms with Crippen LogP contribution in [0.5, 0.6) is 0 Å². The summed E-state index contributed by atoms with van der Waals surface area (Å²) < 4.78 is 1.08. The molecule has 1 N–H and O–H groups in total. The van der Waals surface area contributed by atoms with Gasteiger partial charge >= 0.3 is 0 Å². The van der Waals surface area contributed by atoms with Crippen molar-refractivity contribution >= 4 is 40.2 Å².